The van der Waals surface area contributed by atoms with E-state index in [1.165, 1.54) is 11.1 Å². The molecule has 3 aliphatic heterocycles. The molecule has 0 unspecified atom stereocenters. The second kappa shape index (κ2) is 6.95. The van der Waals surface area contributed by atoms with Crippen LogP contribution < -0.4 is 4.90 Å². The van der Waals surface area contributed by atoms with Gasteiger partial charge in [0.2, 0.25) is 5.91 Å². The maximum Gasteiger partial charge on any atom is 0.241 e. The Bertz CT molecular complexity index is 674. The minimum atomic E-state index is 0.124. The third-order valence-corrected chi connectivity index (χ3v) is 6.40. The highest BCUT2D eigenvalue weighted by Gasteiger charge is 2.47. The van der Waals surface area contributed by atoms with Crippen molar-refractivity contribution < 1.29 is 9.53 Å². The fraction of sp³-hybridized carbons (Fsp3) is 0.667. The molecule has 2 saturated heterocycles. The minimum Gasteiger partial charge on any atom is -0.380 e. The van der Waals surface area contributed by atoms with Crippen LogP contribution in [0.1, 0.15) is 30.4 Å². The van der Waals surface area contributed by atoms with E-state index in [0.29, 0.717) is 12.6 Å². The van der Waals surface area contributed by atoms with E-state index < -0.39 is 0 Å². The molecule has 1 amide bonds. The summed E-state index contributed by atoms with van der Waals surface area (Å²) in [6.45, 7) is 7.47. The number of rotatable bonds is 3. The number of carbonyl (C=O) groups is 1. The Labute approximate surface area is 156 Å². The van der Waals surface area contributed by atoms with Gasteiger partial charge in [-0.25, -0.2) is 0 Å². The van der Waals surface area contributed by atoms with Crippen LogP contribution in [0.2, 0.25) is 0 Å². The molecular formula is C21H31N3O2. The number of likely N-dealkylation sites (tertiary alicyclic amines) is 1. The van der Waals surface area contributed by atoms with Gasteiger partial charge in [0.05, 0.1) is 13.2 Å². The van der Waals surface area contributed by atoms with Gasteiger partial charge in [-0.1, -0.05) is 17.7 Å². The average molecular weight is 357 g/mol. The smallest absolute Gasteiger partial charge is 0.241 e. The van der Waals surface area contributed by atoms with Crippen LogP contribution in [0.5, 0.6) is 0 Å². The second-order valence-corrected chi connectivity index (χ2v) is 8.57. The number of piperidine rings is 1. The van der Waals surface area contributed by atoms with Crippen LogP contribution in [0.3, 0.4) is 0 Å². The molecule has 5 nitrogen and oxygen atoms in total. The van der Waals surface area contributed by atoms with Gasteiger partial charge >= 0.3 is 0 Å². The van der Waals surface area contributed by atoms with Crippen molar-refractivity contribution in [1.82, 2.24) is 9.80 Å². The van der Waals surface area contributed by atoms with Crippen molar-refractivity contribution in [3.05, 3.63) is 29.3 Å². The number of ether oxygens (including phenoxy) is 1. The molecule has 2 fully saturated rings. The van der Waals surface area contributed by atoms with Crippen LogP contribution in [-0.4, -0.2) is 75.2 Å². The van der Waals surface area contributed by atoms with Crippen LogP contribution in [0, 0.1) is 6.92 Å². The molecule has 142 valence electrons. The Morgan fingerprint density at radius 3 is 2.73 bits per heavy atom. The standard InChI is InChI=1S/C21H31N3O2/c1-16-4-5-19-18(12-16)21(15-24(19)20(25)13-22(2)3)7-9-23(10-8-21)17-6-11-26-14-17/h4-5,12,17H,6-11,13-15H2,1-3H3/t17-/m1/s1. The summed E-state index contributed by atoms with van der Waals surface area (Å²) in [6, 6.07) is 7.22. The quantitative estimate of drug-likeness (QED) is 0.829. The van der Waals surface area contributed by atoms with Crippen LogP contribution in [0.4, 0.5) is 5.69 Å². The summed E-state index contributed by atoms with van der Waals surface area (Å²) >= 11 is 0. The molecule has 0 aliphatic carbocycles. The van der Waals surface area contributed by atoms with Crippen molar-refractivity contribution in [2.45, 2.75) is 37.6 Å². The van der Waals surface area contributed by atoms with Crippen molar-refractivity contribution in [3.63, 3.8) is 0 Å². The zero-order chi connectivity index (χ0) is 18.3. The number of nitrogens with zero attached hydrogens (tertiary/aromatic N) is 3. The molecule has 1 spiro atoms. The molecule has 1 atom stereocenters. The first-order valence-electron chi connectivity index (χ1n) is 9.86. The van der Waals surface area contributed by atoms with E-state index in [1.807, 2.05) is 23.9 Å². The van der Waals surface area contributed by atoms with Crippen LogP contribution >= 0.6 is 0 Å². The number of benzene rings is 1. The van der Waals surface area contributed by atoms with Gasteiger partial charge in [-0.15, -0.1) is 0 Å². The third-order valence-electron chi connectivity index (χ3n) is 6.40. The molecule has 0 saturated carbocycles. The van der Waals surface area contributed by atoms with Gasteiger partial charge < -0.3 is 14.5 Å². The molecule has 26 heavy (non-hydrogen) atoms. The van der Waals surface area contributed by atoms with E-state index in [0.717, 1.165) is 57.8 Å². The molecule has 1 aromatic carbocycles. The topological polar surface area (TPSA) is 36.0 Å². The number of hydrogen-bond acceptors (Lipinski definition) is 4. The highest BCUT2D eigenvalue weighted by atomic mass is 16.5. The summed E-state index contributed by atoms with van der Waals surface area (Å²) in [5.41, 5.74) is 3.95. The lowest BCUT2D eigenvalue weighted by Crippen LogP contribution is -2.49. The number of anilines is 1. The van der Waals surface area contributed by atoms with Gasteiger partial charge in [-0.2, -0.15) is 0 Å². The first kappa shape index (κ1) is 18.0. The molecule has 5 heteroatoms. The predicted octanol–water partition coefficient (Wildman–Crippen LogP) is 2.03. The van der Waals surface area contributed by atoms with E-state index in [2.05, 4.69) is 30.0 Å². The number of fused-ring (bicyclic) bond motifs is 2. The fourth-order valence-corrected chi connectivity index (χ4v) is 4.92. The van der Waals surface area contributed by atoms with E-state index >= 15 is 0 Å². The number of likely N-dealkylation sites (N-methyl/N-ethyl adjacent to an activating group) is 1. The molecule has 0 aromatic heterocycles. The number of amides is 1. The van der Waals surface area contributed by atoms with E-state index in [4.69, 9.17) is 4.74 Å². The molecule has 1 aromatic rings. The van der Waals surface area contributed by atoms with Crippen molar-refractivity contribution in [1.29, 1.82) is 0 Å². The number of aryl methyl sites for hydroxylation is 1. The van der Waals surface area contributed by atoms with Gasteiger partial charge in [0.15, 0.2) is 0 Å². The molecule has 0 bridgehead atoms. The van der Waals surface area contributed by atoms with Gasteiger partial charge in [0, 0.05) is 30.3 Å². The lowest BCUT2D eigenvalue weighted by molar-refractivity contribution is -0.119. The largest absolute Gasteiger partial charge is 0.380 e. The van der Waals surface area contributed by atoms with E-state index in [9.17, 15) is 4.79 Å². The van der Waals surface area contributed by atoms with Gasteiger partial charge in [0.1, 0.15) is 0 Å². The summed E-state index contributed by atoms with van der Waals surface area (Å²) in [7, 11) is 3.92. The first-order valence-corrected chi connectivity index (χ1v) is 9.86. The van der Waals surface area contributed by atoms with E-state index in [1.54, 1.807) is 0 Å². The van der Waals surface area contributed by atoms with Crippen LogP contribution in [0.25, 0.3) is 0 Å². The zero-order valence-electron chi connectivity index (χ0n) is 16.3. The summed E-state index contributed by atoms with van der Waals surface area (Å²) in [4.78, 5) is 19.5. The van der Waals surface area contributed by atoms with Crippen molar-refractivity contribution >= 4 is 11.6 Å². The Kier molecular flexibility index (Phi) is 4.80. The summed E-state index contributed by atoms with van der Waals surface area (Å²) in [5, 5.41) is 0. The zero-order valence-corrected chi connectivity index (χ0v) is 16.3. The molecule has 3 aliphatic rings. The van der Waals surface area contributed by atoms with Crippen LogP contribution in [0.15, 0.2) is 18.2 Å². The summed E-state index contributed by atoms with van der Waals surface area (Å²) in [6.07, 6.45) is 3.42. The van der Waals surface area contributed by atoms with Gasteiger partial charge in [0.25, 0.3) is 0 Å². The monoisotopic (exact) mass is 357 g/mol. The Morgan fingerprint density at radius 2 is 2.08 bits per heavy atom. The third kappa shape index (κ3) is 3.17. The fourth-order valence-electron chi connectivity index (χ4n) is 4.92. The van der Waals surface area contributed by atoms with Crippen LogP contribution in [-0.2, 0) is 14.9 Å². The Balaban J connectivity index is 1.57. The van der Waals surface area contributed by atoms with Gasteiger partial charge in [-0.3, -0.25) is 9.69 Å². The first-order chi connectivity index (χ1) is 12.5. The van der Waals surface area contributed by atoms with E-state index in [-0.39, 0.29) is 11.3 Å². The predicted molar refractivity (Wildman–Crippen MR) is 104 cm³/mol. The lowest BCUT2D eigenvalue weighted by atomic mass is 9.73. The molecule has 0 N–H and O–H groups in total. The number of carbonyl (C=O) groups excluding carboxylic acids is 1. The highest BCUT2D eigenvalue weighted by molar-refractivity contribution is 5.97. The average Bonchev–Trinajstić information content (AvgIpc) is 3.23. The number of hydrogen-bond donors (Lipinski definition) is 0. The highest BCUT2D eigenvalue weighted by Crippen LogP contribution is 2.47. The molecular weight excluding hydrogens is 326 g/mol. The van der Waals surface area contributed by atoms with Gasteiger partial charge in [-0.05, 0) is 65.0 Å². The molecule has 4 rings (SSSR count). The Hall–Kier alpha value is -1.43. The minimum absolute atomic E-state index is 0.124. The molecule has 0 radical (unpaired) electrons. The normalized spacial score (nSPS) is 25.2. The maximum absolute atomic E-state index is 12.9. The Morgan fingerprint density at radius 1 is 1.31 bits per heavy atom. The lowest BCUT2D eigenvalue weighted by Gasteiger charge is -2.42. The molecule has 3 heterocycles. The van der Waals surface area contributed by atoms with Crippen molar-refractivity contribution in [3.8, 4) is 0 Å². The second-order valence-electron chi connectivity index (χ2n) is 8.57. The van der Waals surface area contributed by atoms with Crippen molar-refractivity contribution in [2.24, 2.45) is 0 Å². The summed E-state index contributed by atoms with van der Waals surface area (Å²) in [5.74, 6) is 0.212. The summed E-state index contributed by atoms with van der Waals surface area (Å²) < 4.78 is 5.59. The maximum atomic E-state index is 12.9. The SMILES string of the molecule is Cc1ccc2c(c1)C1(CCN([C@@H]3CCOC3)CC1)CN2C(=O)CN(C)C. The van der Waals surface area contributed by atoms with Crippen molar-refractivity contribution in [2.75, 3.05) is 58.4 Å².